The fourth-order valence-corrected chi connectivity index (χ4v) is 8.21. The molecular formula is C50H51ClN8O7S. The fourth-order valence-electron chi connectivity index (χ4n) is 7.18. The van der Waals surface area contributed by atoms with Crippen LogP contribution in [0.1, 0.15) is 61.3 Å². The zero-order valence-corrected chi connectivity index (χ0v) is 39.3. The number of amides is 4. The van der Waals surface area contributed by atoms with E-state index in [2.05, 4.69) is 49.7 Å². The van der Waals surface area contributed by atoms with Crippen molar-refractivity contribution in [1.29, 1.82) is 5.26 Å². The molecule has 1 aliphatic rings. The van der Waals surface area contributed by atoms with E-state index < -0.39 is 41.3 Å². The third-order valence-corrected chi connectivity index (χ3v) is 11.9. The van der Waals surface area contributed by atoms with Gasteiger partial charge in [-0.15, -0.1) is 11.3 Å². The van der Waals surface area contributed by atoms with Crippen LogP contribution in [0, 0.1) is 47.4 Å². The van der Waals surface area contributed by atoms with Crippen LogP contribution in [0.2, 0.25) is 5.02 Å². The first-order valence-corrected chi connectivity index (χ1v) is 22.7. The Kier molecular flexibility index (Phi) is 16.9. The minimum absolute atomic E-state index is 0.0389. The Morgan fingerprint density at radius 3 is 2.37 bits per heavy atom. The number of rotatable bonds is 16. The van der Waals surface area contributed by atoms with Crippen molar-refractivity contribution in [2.45, 2.75) is 78.4 Å². The maximum absolute atomic E-state index is 13.9. The van der Waals surface area contributed by atoms with Crippen LogP contribution >= 0.6 is 22.9 Å². The van der Waals surface area contributed by atoms with E-state index in [1.165, 1.54) is 4.90 Å². The molecule has 4 amide bonds. The van der Waals surface area contributed by atoms with Gasteiger partial charge in [0.05, 0.1) is 45.0 Å². The van der Waals surface area contributed by atoms with E-state index >= 15 is 0 Å². The van der Waals surface area contributed by atoms with E-state index in [0.717, 1.165) is 27.3 Å². The Labute approximate surface area is 398 Å². The fraction of sp³-hybridized carbons (Fsp3) is 0.340. The molecule has 0 saturated carbocycles. The summed E-state index contributed by atoms with van der Waals surface area (Å²) in [6.45, 7) is 9.47. The molecule has 1 fully saturated rings. The van der Waals surface area contributed by atoms with E-state index in [4.69, 9.17) is 26.3 Å². The predicted octanol–water partition coefficient (Wildman–Crippen LogP) is 5.54. The summed E-state index contributed by atoms with van der Waals surface area (Å²) in [7, 11) is 0. The number of aliphatic hydroxyl groups excluding tert-OH is 1. The summed E-state index contributed by atoms with van der Waals surface area (Å²) in [6, 6.07) is 21.3. The summed E-state index contributed by atoms with van der Waals surface area (Å²) >= 11 is 7.74. The number of carbonyl (C=O) groups excluding carboxylic acids is 4. The van der Waals surface area contributed by atoms with Crippen LogP contribution in [0.3, 0.4) is 0 Å². The smallest absolute Gasteiger partial charge is 0.251 e. The van der Waals surface area contributed by atoms with E-state index in [1.54, 1.807) is 84.8 Å². The zero-order valence-electron chi connectivity index (χ0n) is 37.8. The highest BCUT2D eigenvalue weighted by molar-refractivity contribution is 7.13. The Morgan fingerprint density at radius 2 is 1.70 bits per heavy atom. The molecule has 6 rings (SSSR count). The third kappa shape index (κ3) is 13.8. The lowest BCUT2D eigenvalue weighted by atomic mass is 9.85. The van der Waals surface area contributed by atoms with Gasteiger partial charge in [0.2, 0.25) is 17.7 Å². The minimum atomic E-state index is -1.00. The molecule has 17 heteroatoms. The molecule has 346 valence electrons. The maximum Gasteiger partial charge on any atom is 0.251 e. The number of aryl methyl sites for hydroxylation is 1. The quantitative estimate of drug-likeness (QED) is 0.0720. The SMILES string of the molecule is Cc1ncsc1-c1ccc(CNC(=O)[C@@H]2C[C@@H](O)CN2C(=O)[C@@H](NC(=O)COCC#CC#CCOc2ccc(C(=O)N[C@@H](C)Cn3ccc(-c4ccc(C#N)c(Cl)c4)n3)cc2)C(C)(C)C)cc1. The van der Waals surface area contributed by atoms with Crippen molar-refractivity contribution in [1.82, 2.24) is 35.6 Å². The van der Waals surface area contributed by atoms with Crippen LogP contribution in [-0.4, -0.2) is 99.0 Å². The first kappa shape index (κ1) is 49.4. The molecule has 3 aromatic carbocycles. The predicted molar refractivity (Wildman–Crippen MR) is 254 cm³/mol. The summed E-state index contributed by atoms with van der Waals surface area (Å²) in [6.07, 6.45) is 0.999. The van der Waals surface area contributed by atoms with Crippen LogP contribution in [0.4, 0.5) is 0 Å². The molecule has 0 spiro atoms. The first-order chi connectivity index (χ1) is 32.1. The number of hydrogen-bond acceptors (Lipinski definition) is 11. The van der Waals surface area contributed by atoms with Crippen molar-refractivity contribution < 1.29 is 33.8 Å². The van der Waals surface area contributed by atoms with Crippen molar-refractivity contribution in [3.05, 3.63) is 112 Å². The molecule has 5 aromatic rings. The summed E-state index contributed by atoms with van der Waals surface area (Å²) in [5, 5.41) is 33.2. The minimum Gasteiger partial charge on any atom is -0.481 e. The summed E-state index contributed by atoms with van der Waals surface area (Å²) < 4.78 is 12.8. The molecule has 1 saturated heterocycles. The number of nitrogens with one attached hydrogen (secondary N) is 3. The average Bonchev–Trinajstić information content (AvgIpc) is 4.06. The van der Waals surface area contributed by atoms with Gasteiger partial charge in [-0.05, 0) is 90.6 Å². The van der Waals surface area contributed by atoms with Crippen LogP contribution in [0.25, 0.3) is 21.7 Å². The van der Waals surface area contributed by atoms with E-state index in [-0.39, 0.29) is 51.3 Å². The van der Waals surface area contributed by atoms with Crippen LogP contribution in [0.15, 0.2) is 84.5 Å². The summed E-state index contributed by atoms with van der Waals surface area (Å²) in [4.78, 5) is 59.9. The number of benzene rings is 3. The van der Waals surface area contributed by atoms with Gasteiger partial charge in [0.25, 0.3) is 5.91 Å². The van der Waals surface area contributed by atoms with E-state index in [1.807, 2.05) is 56.4 Å². The zero-order chi connectivity index (χ0) is 48.1. The molecule has 4 atom stereocenters. The number of thiazole rings is 1. The highest BCUT2D eigenvalue weighted by Gasteiger charge is 2.44. The van der Waals surface area contributed by atoms with Crippen LogP contribution < -0.4 is 20.7 Å². The van der Waals surface area contributed by atoms with Crippen molar-refractivity contribution in [3.8, 4) is 57.2 Å². The van der Waals surface area contributed by atoms with Crippen LogP contribution in [0.5, 0.6) is 5.75 Å². The number of likely N-dealkylation sites (tertiary alicyclic amines) is 1. The van der Waals surface area contributed by atoms with Gasteiger partial charge in [0.15, 0.2) is 0 Å². The molecule has 67 heavy (non-hydrogen) atoms. The molecule has 3 heterocycles. The molecule has 1 aliphatic heterocycles. The number of halogens is 1. The van der Waals surface area contributed by atoms with Crippen molar-refractivity contribution in [3.63, 3.8) is 0 Å². The normalized spacial score (nSPS) is 15.2. The molecule has 15 nitrogen and oxygen atoms in total. The van der Waals surface area contributed by atoms with E-state index in [0.29, 0.717) is 34.1 Å². The lowest BCUT2D eigenvalue weighted by Gasteiger charge is -2.35. The number of ether oxygens (including phenoxy) is 2. The molecule has 0 unspecified atom stereocenters. The van der Waals surface area contributed by atoms with Gasteiger partial charge in [-0.3, -0.25) is 23.9 Å². The molecule has 0 radical (unpaired) electrons. The highest BCUT2D eigenvalue weighted by Crippen LogP contribution is 2.29. The number of nitriles is 1. The molecule has 0 aliphatic carbocycles. The lowest BCUT2D eigenvalue weighted by Crippen LogP contribution is -2.58. The topological polar surface area (TPSA) is 201 Å². The maximum atomic E-state index is 13.9. The standard InChI is InChI=1S/C50H51ClN8O7S/c1-32(28-58-21-20-42(57-58)37-14-15-38(26-52)41(51)24-37)55-47(62)36-16-18-40(19-17-36)66-23-9-7-6-8-22-65-30-44(61)56-46(50(3,4)5)49(64)59-29-39(60)25-43(59)48(63)53-27-34-10-12-35(13-11-34)45-33(2)54-31-67-45/h10-21,24,31-32,39,43,46,60H,22-23,25,27-30H2,1-5H3,(H,53,63)(H,55,62)(H,56,61)/t32-,39+,43-,46+/m0/s1. The van der Waals surface area contributed by atoms with Crippen molar-refractivity contribution in [2.24, 2.45) is 5.41 Å². The van der Waals surface area contributed by atoms with Gasteiger partial charge < -0.3 is 35.4 Å². The van der Waals surface area contributed by atoms with Gasteiger partial charge in [-0.2, -0.15) is 10.4 Å². The first-order valence-electron chi connectivity index (χ1n) is 21.4. The lowest BCUT2D eigenvalue weighted by molar-refractivity contribution is -0.144. The largest absolute Gasteiger partial charge is 0.481 e. The van der Waals surface area contributed by atoms with Gasteiger partial charge in [-0.25, -0.2) is 4.98 Å². The summed E-state index contributed by atoms with van der Waals surface area (Å²) in [5.74, 6) is 9.67. The van der Waals surface area contributed by atoms with Crippen molar-refractivity contribution in [2.75, 3.05) is 26.4 Å². The molecule has 4 N–H and O–H groups in total. The average molecular weight is 944 g/mol. The van der Waals surface area contributed by atoms with Crippen molar-refractivity contribution >= 4 is 46.6 Å². The second-order valence-electron chi connectivity index (χ2n) is 17.0. The second-order valence-corrected chi connectivity index (χ2v) is 18.2. The third-order valence-electron chi connectivity index (χ3n) is 10.6. The number of hydrogen-bond donors (Lipinski definition) is 4. The number of aliphatic hydroxyl groups is 1. The van der Waals surface area contributed by atoms with E-state index in [9.17, 15) is 24.3 Å². The van der Waals surface area contributed by atoms with Gasteiger partial charge in [-0.1, -0.05) is 68.6 Å². The summed E-state index contributed by atoms with van der Waals surface area (Å²) in [5.41, 5.74) is 6.27. The Hall–Kier alpha value is -7.00. The van der Waals surface area contributed by atoms with Gasteiger partial charge in [0.1, 0.15) is 43.7 Å². The number of nitrogens with zero attached hydrogens (tertiary/aromatic N) is 5. The Bertz CT molecular complexity index is 2740. The molecule has 2 aromatic heterocycles. The number of carbonyl (C=O) groups is 4. The number of aromatic nitrogens is 3. The van der Waals surface area contributed by atoms with Crippen LogP contribution in [-0.2, 0) is 32.2 Å². The number of β-amino-alcohol motifs (C(OH)–C–C–N with tert-alkyl or cyclic N) is 1. The Balaban J connectivity index is 0.890. The second kappa shape index (κ2) is 22.9. The molecular weight excluding hydrogens is 892 g/mol. The monoisotopic (exact) mass is 942 g/mol. The Morgan fingerprint density at radius 1 is 0.985 bits per heavy atom. The van der Waals surface area contributed by atoms with Gasteiger partial charge >= 0.3 is 0 Å². The highest BCUT2D eigenvalue weighted by atomic mass is 35.5. The molecule has 0 bridgehead atoms. The van der Waals surface area contributed by atoms with Gasteiger partial charge in [0, 0.05) is 42.9 Å².